The Morgan fingerprint density at radius 2 is 1.56 bits per heavy atom. The predicted molar refractivity (Wildman–Crippen MR) is 120 cm³/mol. The second-order valence-corrected chi connectivity index (χ2v) is 7.26. The molecule has 3 aromatic rings. The van der Waals surface area contributed by atoms with E-state index >= 15 is 0 Å². The minimum atomic E-state index is -0.578. The van der Waals surface area contributed by atoms with Gasteiger partial charge in [0.05, 0.1) is 30.5 Å². The minimum absolute atomic E-state index is 0.0359. The van der Waals surface area contributed by atoms with Gasteiger partial charge in [-0.3, -0.25) is 9.59 Å². The van der Waals surface area contributed by atoms with Gasteiger partial charge in [0.15, 0.2) is 0 Å². The van der Waals surface area contributed by atoms with Gasteiger partial charge in [0.25, 0.3) is 11.8 Å². The number of nitrogens with zero attached hydrogens (tertiary/aromatic N) is 1. The Bertz CT molecular complexity index is 1240. The third-order valence-corrected chi connectivity index (χ3v) is 5.26. The number of ether oxygens (including phenoxy) is 2. The summed E-state index contributed by atoms with van der Waals surface area (Å²) < 4.78 is 24.0. The van der Waals surface area contributed by atoms with Gasteiger partial charge < -0.3 is 14.8 Å². The van der Waals surface area contributed by atoms with Gasteiger partial charge in [-0.1, -0.05) is 35.9 Å². The molecule has 4 rings (SSSR count). The van der Waals surface area contributed by atoms with E-state index in [1.165, 1.54) is 38.5 Å². The number of carbonyl (C=O) groups is 2. The van der Waals surface area contributed by atoms with E-state index in [-0.39, 0.29) is 11.3 Å². The summed E-state index contributed by atoms with van der Waals surface area (Å²) in [5, 5.41) is 3.34. The Balaban J connectivity index is 1.83. The molecule has 6 nitrogen and oxygen atoms in total. The van der Waals surface area contributed by atoms with Crippen molar-refractivity contribution in [3.8, 4) is 11.5 Å². The van der Waals surface area contributed by atoms with Crippen molar-refractivity contribution in [3.05, 3.63) is 88.8 Å². The highest BCUT2D eigenvalue weighted by atomic mass is 35.5. The van der Waals surface area contributed by atoms with Crippen LogP contribution in [-0.4, -0.2) is 26.0 Å². The summed E-state index contributed by atoms with van der Waals surface area (Å²) in [6.07, 6.45) is 0. The number of para-hydroxylation sites is 2. The van der Waals surface area contributed by atoms with Gasteiger partial charge in [-0.05, 0) is 48.0 Å². The first-order chi connectivity index (χ1) is 15.4. The molecule has 1 aliphatic rings. The summed E-state index contributed by atoms with van der Waals surface area (Å²) in [5.41, 5.74) is 1.31. The van der Waals surface area contributed by atoms with Crippen LogP contribution in [0.1, 0.15) is 5.56 Å². The molecule has 1 N–H and O–H groups in total. The molecule has 1 aliphatic heterocycles. The fourth-order valence-corrected chi connectivity index (χ4v) is 3.71. The summed E-state index contributed by atoms with van der Waals surface area (Å²) in [7, 11) is 2.95. The van der Waals surface area contributed by atoms with E-state index in [1.807, 2.05) is 0 Å². The number of nitrogens with one attached hydrogen (secondary N) is 1. The van der Waals surface area contributed by atoms with E-state index in [2.05, 4.69) is 5.32 Å². The Hall–Kier alpha value is -3.84. The SMILES string of the molecule is COc1ccc(NC2=C(c3ccc(F)cc3)C(=O)N(c3ccccc3OC)C2=O)cc1Cl. The Labute approximate surface area is 188 Å². The fraction of sp³-hybridized carbons (Fsp3) is 0.0833. The first-order valence-electron chi connectivity index (χ1n) is 9.57. The van der Waals surface area contributed by atoms with Crippen LogP contribution in [-0.2, 0) is 9.59 Å². The van der Waals surface area contributed by atoms with Crippen LogP contribution in [0.15, 0.2) is 72.4 Å². The summed E-state index contributed by atoms with van der Waals surface area (Å²) in [5.74, 6) is -0.765. The Morgan fingerprint density at radius 3 is 2.22 bits per heavy atom. The van der Waals surface area contributed by atoms with E-state index in [9.17, 15) is 14.0 Å². The summed E-state index contributed by atoms with van der Waals surface area (Å²) in [4.78, 5) is 27.9. The lowest BCUT2D eigenvalue weighted by atomic mass is 10.0. The lowest BCUT2D eigenvalue weighted by molar-refractivity contribution is -0.120. The highest BCUT2D eigenvalue weighted by molar-refractivity contribution is 6.46. The normalized spacial score (nSPS) is 13.6. The van der Waals surface area contributed by atoms with E-state index in [0.29, 0.717) is 33.5 Å². The first kappa shape index (κ1) is 21.4. The highest BCUT2D eigenvalue weighted by Crippen LogP contribution is 2.38. The van der Waals surface area contributed by atoms with Gasteiger partial charge in [0.1, 0.15) is 23.0 Å². The van der Waals surface area contributed by atoms with Gasteiger partial charge in [-0.15, -0.1) is 0 Å². The van der Waals surface area contributed by atoms with Crippen molar-refractivity contribution in [2.24, 2.45) is 0 Å². The molecule has 162 valence electrons. The molecule has 0 saturated carbocycles. The van der Waals surface area contributed by atoms with Gasteiger partial charge in [0.2, 0.25) is 0 Å². The van der Waals surface area contributed by atoms with Crippen molar-refractivity contribution < 1.29 is 23.5 Å². The minimum Gasteiger partial charge on any atom is -0.495 e. The maximum atomic E-state index is 13.5. The molecule has 0 atom stereocenters. The van der Waals surface area contributed by atoms with Crippen molar-refractivity contribution >= 4 is 40.4 Å². The number of rotatable bonds is 6. The molecule has 2 amide bonds. The highest BCUT2D eigenvalue weighted by Gasteiger charge is 2.41. The van der Waals surface area contributed by atoms with Crippen molar-refractivity contribution in [1.82, 2.24) is 0 Å². The third-order valence-electron chi connectivity index (χ3n) is 4.96. The maximum Gasteiger partial charge on any atom is 0.282 e. The number of methoxy groups -OCH3 is 2. The maximum absolute atomic E-state index is 13.5. The smallest absolute Gasteiger partial charge is 0.282 e. The van der Waals surface area contributed by atoms with Crippen molar-refractivity contribution in [2.45, 2.75) is 0 Å². The van der Waals surface area contributed by atoms with Gasteiger partial charge >= 0.3 is 0 Å². The molecular formula is C24H18ClFN2O4. The zero-order chi connectivity index (χ0) is 22.8. The van der Waals surface area contributed by atoms with Gasteiger partial charge in [0, 0.05) is 5.69 Å². The van der Waals surface area contributed by atoms with Crippen LogP contribution in [0.4, 0.5) is 15.8 Å². The van der Waals surface area contributed by atoms with Crippen LogP contribution >= 0.6 is 11.6 Å². The van der Waals surface area contributed by atoms with E-state index < -0.39 is 17.6 Å². The largest absolute Gasteiger partial charge is 0.495 e. The molecule has 0 spiro atoms. The third kappa shape index (κ3) is 3.78. The molecule has 0 radical (unpaired) electrons. The quantitative estimate of drug-likeness (QED) is 0.539. The van der Waals surface area contributed by atoms with Crippen LogP contribution < -0.4 is 19.7 Å². The molecule has 32 heavy (non-hydrogen) atoms. The van der Waals surface area contributed by atoms with Gasteiger partial charge in [-0.2, -0.15) is 0 Å². The number of hydrogen-bond acceptors (Lipinski definition) is 5. The van der Waals surface area contributed by atoms with E-state index in [4.69, 9.17) is 21.1 Å². The van der Waals surface area contributed by atoms with Crippen molar-refractivity contribution in [1.29, 1.82) is 0 Å². The second kappa shape index (κ2) is 8.72. The average molecular weight is 453 g/mol. The van der Waals surface area contributed by atoms with Crippen molar-refractivity contribution in [3.63, 3.8) is 0 Å². The van der Waals surface area contributed by atoms with Crippen LogP contribution in [0.25, 0.3) is 5.57 Å². The zero-order valence-corrected chi connectivity index (χ0v) is 17.9. The molecule has 8 heteroatoms. The molecule has 1 heterocycles. The molecule has 0 fully saturated rings. The fourth-order valence-electron chi connectivity index (χ4n) is 3.45. The van der Waals surface area contributed by atoms with Gasteiger partial charge in [-0.25, -0.2) is 9.29 Å². The van der Waals surface area contributed by atoms with Crippen LogP contribution in [0.3, 0.4) is 0 Å². The van der Waals surface area contributed by atoms with Crippen LogP contribution in [0.2, 0.25) is 5.02 Å². The standard InChI is InChI=1S/C24H18ClFN2O4/c1-31-19-12-11-16(13-17(19)25)27-22-21(14-7-9-15(26)10-8-14)23(29)28(24(22)30)18-5-3-4-6-20(18)32-2/h3-13,27H,1-2H3. The molecule has 0 bridgehead atoms. The zero-order valence-electron chi connectivity index (χ0n) is 17.2. The summed E-state index contributed by atoms with van der Waals surface area (Å²) in [6, 6.07) is 17.0. The Kier molecular flexibility index (Phi) is 5.83. The molecular weight excluding hydrogens is 435 g/mol. The lowest BCUT2D eigenvalue weighted by Gasteiger charge is -2.18. The average Bonchev–Trinajstić information content (AvgIpc) is 3.03. The molecule has 0 aliphatic carbocycles. The van der Waals surface area contributed by atoms with E-state index in [1.54, 1.807) is 42.5 Å². The monoisotopic (exact) mass is 452 g/mol. The Morgan fingerprint density at radius 1 is 0.875 bits per heavy atom. The number of hydrogen-bond donors (Lipinski definition) is 1. The number of amides is 2. The van der Waals surface area contributed by atoms with Crippen molar-refractivity contribution in [2.75, 3.05) is 24.4 Å². The second-order valence-electron chi connectivity index (χ2n) is 6.85. The summed E-state index contributed by atoms with van der Waals surface area (Å²) >= 11 is 6.21. The van der Waals surface area contributed by atoms with E-state index in [0.717, 1.165) is 4.90 Å². The lowest BCUT2D eigenvalue weighted by Crippen LogP contribution is -2.32. The molecule has 3 aromatic carbocycles. The number of carbonyl (C=O) groups excluding carboxylic acids is 2. The topological polar surface area (TPSA) is 67.9 Å². The van der Waals surface area contributed by atoms with Crippen LogP contribution in [0.5, 0.6) is 11.5 Å². The molecule has 0 aromatic heterocycles. The number of halogens is 2. The summed E-state index contributed by atoms with van der Waals surface area (Å²) in [6.45, 7) is 0. The molecule has 0 unspecified atom stereocenters. The number of anilines is 2. The molecule has 0 saturated heterocycles. The van der Waals surface area contributed by atoms with Crippen LogP contribution in [0, 0.1) is 5.82 Å². The number of benzene rings is 3. The first-order valence-corrected chi connectivity index (χ1v) is 9.95. The predicted octanol–water partition coefficient (Wildman–Crippen LogP) is 4.89. The number of imide groups is 1.